The number of fused-ring (bicyclic) bond motifs is 1. The number of ether oxygens (including phenoxy) is 1. The Morgan fingerprint density at radius 1 is 1.24 bits per heavy atom. The number of anilines is 1. The maximum absolute atomic E-state index is 13.0. The third kappa shape index (κ3) is 3.96. The number of carbonyl (C=O) groups is 2. The van der Waals surface area contributed by atoms with E-state index in [1.54, 1.807) is 30.3 Å². The van der Waals surface area contributed by atoms with E-state index in [4.69, 9.17) is 4.74 Å². The first kappa shape index (κ1) is 17.0. The van der Waals surface area contributed by atoms with Crippen LogP contribution in [0.1, 0.15) is 24.9 Å². The zero-order valence-electron chi connectivity index (χ0n) is 13.9. The predicted molar refractivity (Wildman–Crippen MR) is 91.9 cm³/mol. The van der Waals surface area contributed by atoms with Crippen LogP contribution in [0.5, 0.6) is 5.75 Å². The van der Waals surface area contributed by atoms with Crippen LogP contribution in [0.25, 0.3) is 0 Å². The first-order valence-corrected chi connectivity index (χ1v) is 8.11. The minimum absolute atomic E-state index is 0.0925. The number of hydrogen-bond donors (Lipinski definition) is 1. The molecule has 0 saturated carbocycles. The lowest BCUT2D eigenvalue weighted by Gasteiger charge is -2.22. The number of carbonyl (C=O) groups excluding carboxylic acids is 2. The minimum Gasteiger partial charge on any atom is -0.491 e. The van der Waals surface area contributed by atoms with Crippen molar-refractivity contribution in [2.24, 2.45) is 0 Å². The molecule has 6 heteroatoms. The summed E-state index contributed by atoms with van der Waals surface area (Å²) >= 11 is 0. The van der Waals surface area contributed by atoms with Gasteiger partial charge in [-0.25, -0.2) is 4.39 Å². The Hall–Kier alpha value is -2.89. The fourth-order valence-corrected chi connectivity index (χ4v) is 2.76. The van der Waals surface area contributed by atoms with Gasteiger partial charge in [-0.2, -0.15) is 0 Å². The van der Waals surface area contributed by atoms with E-state index >= 15 is 0 Å². The van der Waals surface area contributed by atoms with Gasteiger partial charge in [-0.3, -0.25) is 14.5 Å². The molecule has 1 aliphatic rings. The van der Waals surface area contributed by atoms with Gasteiger partial charge in [0.25, 0.3) is 0 Å². The summed E-state index contributed by atoms with van der Waals surface area (Å²) < 4.78 is 18.6. The van der Waals surface area contributed by atoms with Crippen LogP contribution < -0.4 is 15.0 Å². The average molecular weight is 342 g/mol. The predicted octanol–water partition coefficient (Wildman–Crippen LogP) is 2.82. The second-order valence-corrected chi connectivity index (χ2v) is 5.89. The zero-order valence-corrected chi connectivity index (χ0v) is 13.9. The Bertz CT molecular complexity index is 776. The Morgan fingerprint density at radius 3 is 2.72 bits per heavy atom. The van der Waals surface area contributed by atoms with E-state index in [1.165, 1.54) is 17.0 Å². The van der Waals surface area contributed by atoms with Crippen LogP contribution in [0.4, 0.5) is 10.1 Å². The van der Waals surface area contributed by atoms with Crippen LogP contribution >= 0.6 is 0 Å². The summed E-state index contributed by atoms with van der Waals surface area (Å²) in [7, 11) is 0. The van der Waals surface area contributed by atoms with Gasteiger partial charge in [0.15, 0.2) is 0 Å². The van der Waals surface area contributed by atoms with Gasteiger partial charge >= 0.3 is 0 Å². The van der Waals surface area contributed by atoms with Gasteiger partial charge in [-0.1, -0.05) is 24.3 Å². The van der Waals surface area contributed by atoms with Crippen molar-refractivity contribution in [3.8, 4) is 5.75 Å². The van der Waals surface area contributed by atoms with Crippen LogP contribution in [-0.2, 0) is 9.59 Å². The third-order valence-electron chi connectivity index (χ3n) is 4.08. The summed E-state index contributed by atoms with van der Waals surface area (Å²) in [5, 5.41) is 2.84. The van der Waals surface area contributed by atoms with Gasteiger partial charge in [0.1, 0.15) is 18.1 Å². The van der Waals surface area contributed by atoms with Crippen molar-refractivity contribution in [3.63, 3.8) is 0 Å². The number of rotatable bonds is 4. The molecule has 2 amide bonds. The van der Waals surface area contributed by atoms with E-state index in [1.807, 2.05) is 13.0 Å². The Kier molecular flexibility index (Phi) is 4.97. The highest BCUT2D eigenvalue weighted by Crippen LogP contribution is 2.30. The molecule has 25 heavy (non-hydrogen) atoms. The van der Waals surface area contributed by atoms with Crippen molar-refractivity contribution in [2.45, 2.75) is 19.4 Å². The van der Waals surface area contributed by atoms with Crippen molar-refractivity contribution in [3.05, 3.63) is 59.9 Å². The zero-order chi connectivity index (χ0) is 17.8. The quantitative estimate of drug-likeness (QED) is 0.929. The van der Waals surface area contributed by atoms with E-state index in [0.29, 0.717) is 18.0 Å². The molecule has 1 N–H and O–H groups in total. The highest BCUT2D eigenvalue weighted by Gasteiger charge is 2.25. The van der Waals surface area contributed by atoms with Crippen LogP contribution in [0.15, 0.2) is 48.5 Å². The molecule has 0 aliphatic carbocycles. The summed E-state index contributed by atoms with van der Waals surface area (Å²) in [6.07, 6.45) is 0.218. The smallest absolute Gasteiger partial charge is 0.240 e. The lowest BCUT2D eigenvalue weighted by molar-refractivity contribution is -0.124. The first-order chi connectivity index (χ1) is 12.0. The molecule has 1 atom stereocenters. The van der Waals surface area contributed by atoms with E-state index < -0.39 is 0 Å². The molecule has 0 bridgehead atoms. The second kappa shape index (κ2) is 7.34. The molecule has 2 aromatic carbocycles. The molecular weight excluding hydrogens is 323 g/mol. The van der Waals surface area contributed by atoms with Crippen molar-refractivity contribution >= 4 is 17.5 Å². The lowest BCUT2D eigenvalue weighted by atomic mass is 10.1. The maximum Gasteiger partial charge on any atom is 0.240 e. The summed E-state index contributed by atoms with van der Waals surface area (Å²) in [5.41, 5.74) is 1.38. The molecule has 0 radical (unpaired) electrons. The average Bonchev–Trinajstić information content (AvgIpc) is 2.75. The summed E-state index contributed by atoms with van der Waals surface area (Å²) in [4.78, 5) is 26.2. The molecular formula is C19H19FN2O3. The second-order valence-electron chi connectivity index (χ2n) is 5.89. The molecule has 130 valence electrons. The number of nitrogens with one attached hydrogen (secondary N) is 1. The van der Waals surface area contributed by atoms with Crippen LogP contribution in [-0.4, -0.2) is 25.0 Å². The molecule has 5 nitrogen and oxygen atoms in total. The van der Waals surface area contributed by atoms with Crippen molar-refractivity contribution in [1.82, 2.24) is 5.32 Å². The van der Waals surface area contributed by atoms with E-state index in [9.17, 15) is 14.0 Å². The number of amides is 2. The fraction of sp³-hybridized carbons (Fsp3) is 0.263. The van der Waals surface area contributed by atoms with E-state index in [-0.39, 0.29) is 36.6 Å². The normalized spacial score (nSPS) is 15.0. The van der Waals surface area contributed by atoms with Crippen molar-refractivity contribution < 1.29 is 18.7 Å². The highest BCUT2D eigenvalue weighted by atomic mass is 19.1. The molecule has 0 unspecified atom stereocenters. The number of halogens is 1. The van der Waals surface area contributed by atoms with Crippen LogP contribution in [0.3, 0.4) is 0 Å². The van der Waals surface area contributed by atoms with Gasteiger partial charge in [0, 0.05) is 0 Å². The Morgan fingerprint density at radius 2 is 1.96 bits per heavy atom. The first-order valence-electron chi connectivity index (χ1n) is 8.11. The summed E-state index contributed by atoms with van der Waals surface area (Å²) in [6, 6.07) is 12.8. The highest BCUT2D eigenvalue weighted by molar-refractivity contribution is 6.00. The monoisotopic (exact) mass is 342 g/mol. The molecule has 0 saturated heterocycles. The number of nitrogens with zero attached hydrogens (tertiary/aromatic N) is 1. The van der Waals surface area contributed by atoms with Crippen molar-refractivity contribution in [1.29, 1.82) is 0 Å². The molecule has 3 rings (SSSR count). The van der Waals surface area contributed by atoms with Crippen LogP contribution in [0.2, 0.25) is 0 Å². The fourth-order valence-electron chi connectivity index (χ4n) is 2.76. The minimum atomic E-state index is -0.325. The van der Waals surface area contributed by atoms with Gasteiger partial charge in [-0.15, -0.1) is 0 Å². The van der Waals surface area contributed by atoms with Crippen LogP contribution in [0, 0.1) is 5.82 Å². The molecule has 0 spiro atoms. The van der Waals surface area contributed by atoms with Gasteiger partial charge in [-0.05, 0) is 36.8 Å². The SMILES string of the molecule is C[C@@H](NC(=O)CN1C(=O)CCOc2ccccc21)c1ccc(F)cc1. The van der Waals surface area contributed by atoms with Gasteiger partial charge in [0.05, 0.1) is 24.8 Å². The third-order valence-corrected chi connectivity index (χ3v) is 4.08. The molecule has 2 aromatic rings. The molecule has 0 fully saturated rings. The molecule has 1 aliphatic heterocycles. The number of benzene rings is 2. The lowest BCUT2D eigenvalue weighted by Crippen LogP contribution is -2.41. The van der Waals surface area contributed by atoms with E-state index in [2.05, 4.69) is 5.32 Å². The Balaban J connectivity index is 1.71. The standard InChI is InChI=1S/C19H19FN2O3/c1-13(14-6-8-15(20)9-7-14)21-18(23)12-22-16-4-2-3-5-17(16)25-11-10-19(22)24/h2-9,13H,10-12H2,1H3,(H,21,23)/t13-/m1/s1. The van der Waals surface area contributed by atoms with E-state index in [0.717, 1.165) is 5.56 Å². The Labute approximate surface area is 145 Å². The largest absolute Gasteiger partial charge is 0.491 e. The molecule has 0 aromatic heterocycles. The van der Waals surface area contributed by atoms with Gasteiger partial charge in [0.2, 0.25) is 11.8 Å². The maximum atomic E-state index is 13.0. The van der Waals surface area contributed by atoms with Gasteiger partial charge < -0.3 is 10.1 Å². The number of para-hydroxylation sites is 2. The summed E-state index contributed by atoms with van der Waals surface area (Å²) in [5.74, 6) is -0.182. The number of hydrogen-bond acceptors (Lipinski definition) is 3. The topological polar surface area (TPSA) is 58.6 Å². The summed E-state index contributed by atoms with van der Waals surface area (Å²) in [6.45, 7) is 2.01. The van der Waals surface area contributed by atoms with Crippen molar-refractivity contribution in [2.75, 3.05) is 18.1 Å². The molecule has 1 heterocycles.